The lowest BCUT2D eigenvalue weighted by Gasteiger charge is -2.22. The molecule has 3 atom stereocenters. The van der Waals surface area contributed by atoms with Gasteiger partial charge in [0.2, 0.25) is 0 Å². The Labute approximate surface area is 119 Å². The highest BCUT2D eigenvalue weighted by Gasteiger charge is 2.25. The van der Waals surface area contributed by atoms with E-state index < -0.39 is 23.8 Å². The first-order chi connectivity index (χ1) is 9.45. The molecule has 1 rings (SSSR count). The van der Waals surface area contributed by atoms with Crippen molar-refractivity contribution >= 4 is 11.9 Å². The Morgan fingerprint density at radius 2 is 1.65 bits per heavy atom. The highest BCUT2D eigenvalue weighted by Crippen LogP contribution is 2.31. The van der Waals surface area contributed by atoms with E-state index in [0.29, 0.717) is 19.3 Å². The molecule has 4 nitrogen and oxygen atoms in total. The van der Waals surface area contributed by atoms with E-state index in [2.05, 4.69) is 0 Å². The van der Waals surface area contributed by atoms with E-state index in [1.807, 2.05) is 37.3 Å². The van der Waals surface area contributed by atoms with Crippen molar-refractivity contribution in [3.63, 3.8) is 0 Å². The largest absolute Gasteiger partial charge is 0.481 e. The lowest BCUT2D eigenvalue weighted by molar-refractivity contribution is -0.142. The van der Waals surface area contributed by atoms with Gasteiger partial charge in [-0.1, -0.05) is 44.2 Å². The number of carboxylic acids is 2. The third-order valence-electron chi connectivity index (χ3n) is 3.74. The van der Waals surface area contributed by atoms with Crippen LogP contribution in [0.1, 0.15) is 44.6 Å². The molecule has 1 aromatic rings. The molecular weight excluding hydrogens is 256 g/mol. The van der Waals surface area contributed by atoms with Gasteiger partial charge in [-0.05, 0) is 30.7 Å². The van der Waals surface area contributed by atoms with Gasteiger partial charge in [0.15, 0.2) is 0 Å². The Balaban J connectivity index is 2.90. The molecule has 0 radical (unpaired) electrons. The summed E-state index contributed by atoms with van der Waals surface area (Å²) in [4.78, 5) is 22.2. The van der Waals surface area contributed by atoms with Crippen LogP contribution in [0.25, 0.3) is 0 Å². The van der Waals surface area contributed by atoms with Crippen molar-refractivity contribution in [1.82, 2.24) is 0 Å². The number of carbonyl (C=O) groups is 2. The van der Waals surface area contributed by atoms with E-state index in [1.165, 1.54) is 0 Å². The van der Waals surface area contributed by atoms with Gasteiger partial charge in [-0.25, -0.2) is 0 Å². The fraction of sp³-hybridized carbons (Fsp3) is 0.500. The van der Waals surface area contributed by atoms with Crippen molar-refractivity contribution in [3.05, 3.63) is 35.9 Å². The Kier molecular flexibility index (Phi) is 6.22. The van der Waals surface area contributed by atoms with Gasteiger partial charge in [0.1, 0.15) is 0 Å². The first-order valence-corrected chi connectivity index (χ1v) is 6.96. The lowest BCUT2D eigenvalue weighted by atomic mass is 9.82. The normalized spacial score (nSPS) is 15.3. The molecule has 4 heteroatoms. The van der Waals surface area contributed by atoms with E-state index >= 15 is 0 Å². The van der Waals surface area contributed by atoms with E-state index in [1.54, 1.807) is 6.92 Å². The molecule has 0 aliphatic carbocycles. The van der Waals surface area contributed by atoms with Crippen molar-refractivity contribution in [2.24, 2.45) is 11.8 Å². The molecule has 0 spiro atoms. The molecule has 0 bridgehead atoms. The van der Waals surface area contributed by atoms with Crippen LogP contribution in [0.3, 0.4) is 0 Å². The molecule has 0 aliphatic heterocycles. The van der Waals surface area contributed by atoms with Crippen LogP contribution in [0.4, 0.5) is 0 Å². The molecule has 0 fully saturated rings. The zero-order valence-electron chi connectivity index (χ0n) is 12.0. The van der Waals surface area contributed by atoms with Gasteiger partial charge >= 0.3 is 11.9 Å². The van der Waals surface area contributed by atoms with E-state index in [4.69, 9.17) is 5.11 Å². The van der Waals surface area contributed by atoms with E-state index in [-0.39, 0.29) is 5.92 Å². The number of rotatable bonds is 8. The van der Waals surface area contributed by atoms with Crippen LogP contribution in [-0.4, -0.2) is 22.2 Å². The van der Waals surface area contributed by atoms with Crippen LogP contribution in [-0.2, 0) is 9.59 Å². The summed E-state index contributed by atoms with van der Waals surface area (Å²) >= 11 is 0. The zero-order valence-corrected chi connectivity index (χ0v) is 12.0. The maximum absolute atomic E-state index is 11.2. The van der Waals surface area contributed by atoms with Crippen LogP contribution in [0.2, 0.25) is 0 Å². The second kappa shape index (κ2) is 7.68. The minimum atomic E-state index is -0.839. The average molecular weight is 278 g/mol. The highest BCUT2D eigenvalue weighted by atomic mass is 16.4. The molecule has 0 heterocycles. The Hall–Kier alpha value is -1.84. The molecule has 0 saturated carbocycles. The monoisotopic (exact) mass is 278 g/mol. The van der Waals surface area contributed by atoms with Gasteiger partial charge in [-0.15, -0.1) is 0 Å². The third kappa shape index (κ3) is 4.68. The van der Waals surface area contributed by atoms with Crippen LogP contribution >= 0.6 is 0 Å². The molecule has 0 aromatic heterocycles. The summed E-state index contributed by atoms with van der Waals surface area (Å²) in [5, 5.41) is 18.3. The standard InChI is InChI=1S/C16H22O4/c1-3-12(16(19)20)10-14(9-11(2)15(17)18)13-7-5-4-6-8-13/h4-8,11-12,14H,3,9-10H2,1-2H3,(H,17,18)(H,19,20). The van der Waals surface area contributed by atoms with Gasteiger partial charge in [-0.3, -0.25) is 9.59 Å². The minimum Gasteiger partial charge on any atom is -0.481 e. The van der Waals surface area contributed by atoms with E-state index in [9.17, 15) is 14.7 Å². The summed E-state index contributed by atoms with van der Waals surface area (Å²) < 4.78 is 0. The maximum Gasteiger partial charge on any atom is 0.306 e. The van der Waals surface area contributed by atoms with Gasteiger partial charge in [0, 0.05) is 0 Å². The van der Waals surface area contributed by atoms with E-state index in [0.717, 1.165) is 5.56 Å². The third-order valence-corrected chi connectivity index (χ3v) is 3.74. The fourth-order valence-electron chi connectivity index (χ4n) is 2.41. The Morgan fingerprint density at radius 3 is 2.10 bits per heavy atom. The summed E-state index contributed by atoms with van der Waals surface area (Å²) in [6, 6.07) is 9.57. The number of aliphatic carboxylic acids is 2. The zero-order chi connectivity index (χ0) is 15.1. The van der Waals surface area contributed by atoms with Crippen molar-refractivity contribution in [2.45, 2.75) is 39.0 Å². The molecule has 0 saturated heterocycles. The lowest BCUT2D eigenvalue weighted by Crippen LogP contribution is -2.20. The summed E-state index contributed by atoms with van der Waals surface area (Å²) in [5.41, 5.74) is 1.01. The van der Waals surface area contributed by atoms with Gasteiger partial charge in [0.25, 0.3) is 0 Å². The first-order valence-electron chi connectivity index (χ1n) is 6.96. The molecule has 0 aliphatic rings. The van der Waals surface area contributed by atoms with Gasteiger partial charge in [0.05, 0.1) is 11.8 Å². The van der Waals surface area contributed by atoms with Crippen LogP contribution in [0.5, 0.6) is 0 Å². The topological polar surface area (TPSA) is 74.6 Å². The summed E-state index contributed by atoms with van der Waals surface area (Å²) in [7, 11) is 0. The molecular formula is C16H22O4. The van der Waals surface area contributed by atoms with Crippen molar-refractivity contribution in [2.75, 3.05) is 0 Å². The highest BCUT2D eigenvalue weighted by molar-refractivity contribution is 5.70. The molecule has 1 aromatic carbocycles. The van der Waals surface area contributed by atoms with Crippen molar-refractivity contribution in [3.8, 4) is 0 Å². The molecule has 110 valence electrons. The first kappa shape index (κ1) is 16.2. The Bertz CT molecular complexity index is 441. The molecule has 3 unspecified atom stereocenters. The smallest absolute Gasteiger partial charge is 0.306 e. The fourth-order valence-corrected chi connectivity index (χ4v) is 2.41. The van der Waals surface area contributed by atoms with Crippen LogP contribution in [0.15, 0.2) is 30.3 Å². The summed E-state index contributed by atoms with van der Waals surface area (Å²) in [6.45, 7) is 3.52. The predicted molar refractivity (Wildman–Crippen MR) is 76.6 cm³/mol. The van der Waals surface area contributed by atoms with Gasteiger partial charge in [-0.2, -0.15) is 0 Å². The molecule has 0 amide bonds. The second-order valence-corrected chi connectivity index (χ2v) is 5.26. The average Bonchev–Trinajstić information content (AvgIpc) is 2.43. The second-order valence-electron chi connectivity index (χ2n) is 5.26. The molecule has 2 N–H and O–H groups in total. The number of carboxylic acid groups (broad SMARTS) is 2. The van der Waals surface area contributed by atoms with Crippen LogP contribution in [0, 0.1) is 11.8 Å². The maximum atomic E-state index is 11.2. The van der Waals surface area contributed by atoms with Crippen molar-refractivity contribution in [1.29, 1.82) is 0 Å². The Morgan fingerprint density at radius 1 is 1.05 bits per heavy atom. The minimum absolute atomic E-state index is 0.0386. The quantitative estimate of drug-likeness (QED) is 0.764. The number of hydrogen-bond acceptors (Lipinski definition) is 2. The summed E-state index contributed by atoms with van der Waals surface area (Å²) in [5.74, 6) is -2.60. The summed E-state index contributed by atoms with van der Waals surface area (Å²) in [6.07, 6.45) is 1.50. The van der Waals surface area contributed by atoms with Crippen molar-refractivity contribution < 1.29 is 19.8 Å². The predicted octanol–water partition coefficient (Wildman–Crippen LogP) is 3.38. The van der Waals surface area contributed by atoms with Crippen LogP contribution < -0.4 is 0 Å². The SMILES string of the molecule is CCC(CC(CC(C)C(=O)O)c1ccccc1)C(=O)O. The number of benzene rings is 1. The van der Waals surface area contributed by atoms with Gasteiger partial charge < -0.3 is 10.2 Å². The number of hydrogen-bond donors (Lipinski definition) is 2. The molecule has 20 heavy (non-hydrogen) atoms.